The Hall–Kier alpha value is -1.30. The molecule has 0 aromatic heterocycles. The quantitative estimate of drug-likeness (QED) is 0.294. The number of fused-ring (bicyclic) bond motifs is 1. The van der Waals surface area contributed by atoms with Crippen LogP contribution in [0.5, 0.6) is 0 Å². The molecule has 0 unspecified atom stereocenters. The van der Waals surface area contributed by atoms with Gasteiger partial charge in [-0.3, -0.25) is 9.59 Å². The number of nitrogens with one attached hydrogen (secondary N) is 1. The van der Waals surface area contributed by atoms with Gasteiger partial charge in [-0.15, -0.1) is 0 Å². The molecule has 2 N–H and O–H groups in total. The van der Waals surface area contributed by atoms with E-state index in [0.717, 1.165) is 50.1 Å². The van der Waals surface area contributed by atoms with E-state index in [4.69, 9.17) is 34.9 Å². The van der Waals surface area contributed by atoms with Crippen molar-refractivity contribution in [3.8, 4) is 0 Å². The van der Waals surface area contributed by atoms with E-state index in [2.05, 4.69) is 19.2 Å². The summed E-state index contributed by atoms with van der Waals surface area (Å²) in [5, 5.41) is 12.5. The van der Waals surface area contributed by atoms with Crippen LogP contribution in [0, 0.1) is 11.8 Å². The molecule has 0 bridgehead atoms. The normalized spacial score (nSPS) is 24.9. The highest BCUT2D eigenvalue weighted by Gasteiger charge is 2.66. The third-order valence-corrected chi connectivity index (χ3v) is 7.72. The number of nitrogens with zero attached hydrogens (tertiary/aromatic N) is 1. The van der Waals surface area contributed by atoms with Crippen LogP contribution in [0.2, 0.25) is 0 Å². The topological polar surface area (TPSA) is 78.9 Å². The molecule has 2 saturated carbocycles. The number of rotatable bonds is 8. The summed E-state index contributed by atoms with van der Waals surface area (Å²) in [5.74, 6) is 0.664. The van der Waals surface area contributed by atoms with Crippen molar-refractivity contribution in [2.45, 2.75) is 51.4 Å². The number of esters is 1. The van der Waals surface area contributed by atoms with E-state index >= 15 is 0 Å². The third-order valence-electron chi connectivity index (χ3n) is 7.72. The number of ether oxygens (including phenoxy) is 1. The van der Waals surface area contributed by atoms with Gasteiger partial charge in [0.25, 0.3) is 0 Å². The van der Waals surface area contributed by atoms with Gasteiger partial charge < -0.3 is 20.1 Å². The summed E-state index contributed by atoms with van der Waals surface area (Å²) in [5.41, 5.74) is 1.45. The maximum atomic E-state index is 12.7. The van der Waals surface area contributed by atoms with Crippen molar-refractivity contribution in [1.29, 1.82) is 0 Å². The molecule has 10 heteroatoms. The van der Waals surface area contributed by atoms with Crippen molar-refractivity contribution in [3.05, 3.63) is 71.8 Å². The van der Waals surface area contributed by atoms with Gasteiger partial charge in [-0.1, -0.05) is 74.5 Å². The van der Waals surface area contributed by atoms with E-state index in [1.165, 1.54) is 0 Å². The Morgan fingerprint density at radius 3 is 1.77 bits per heavy atom. The average molecular weight is 628 g/mol. The number of halogens is 3. The Bertz CT molecular complexity index is 1040. The van der Waals surface area contributed by atoms with Crippen LogP contribution in [0.25, 0.3) is 0 Å². The van der Waals surface area contributed by atoms with E-state index in [1.54, 1.807) is 0 Å². The molecule has 0 radical (unpaired) electrons. The fourth-order valence-corrected chi connectivity index (χ4v) is 5.36. The number of amides is 1. The number of benzene rings is 2. The second-order valence-electron chi connectivity index (χ2n) is 9.94. The van der Waals surface area contributed by atoms with E-state index < -0.39 is 16.8 Å². The van der Waals surface area contributed by atoms with Crippen LogP contribution in [0.3, 0.4) is 0 Å². The predicted octanol–water partition coefficient (Wildman–Crippen LogP) is 5.61. The molecule has 4 atom stereocenters. The Labute approximate surface area is 256 Å². The van der Waals surface area contributed by atoms with Gasteiger partial charge in [0, 0.05) is 31.5 Å². The highest BCUT2D eigenvalue weighted by Crippen LogP contribution is 2.59. The largest absolute Gasteiger partial charge is 0.643 e. The predicted molar refractivity (Wildman–Crippen MR) is 166 cm³/mol. The van der Waals surface area contributed by atoms with Crippen molar-refractivity contribution in [2.75, 3.05) is 39.4 Å². The van der Waals surface area contributed by atoms with Gasteiger partial charge in [0.15, 0.2) is 0 Å². The Morgan fingerprint density at radius 1 is 0.950 bits per heavy atom. The molecule has 1 aliphatic heterocycles. The Balaban J connectivity index is 0.000000221. The minimum atomic E-state index is -1.72. The summed E-state index contributed by atoms with van der Waals surface area (Å²) >= 11 is -1.72. The summed E-state index contributed by atoms with van der Waals surface area (Å²) in [6.45, 7) is 12.5. The fraction of sp³-hybridized carbons (Fsp3) is 0.533. The first-order chi connectivity index (χ1) is 19.2. The van der Waals surface area contributed by atoms with E-state index in [9.17, 15) is 14.7 Å². The van der Waals surface area contributed by atoms with Crippen molar-refractivity contribution in [3.63, 3.8) is 0 Å². The molecule has 220 valence electrons. The van der Waals surface area contributed by atoms with Gasteiger partial charge >= 0.3 is 17.4 Å². The first-order valence-corrected chi connectivity index (χ1v) is 19.2. The fourth-order valence-electron chi connectivity index (χ4n) is 5.36. The molecular formula is C30H42AlCl3N2O4. The van der Waals surface area contributed by atoms with Crippen LogP contribution in [0.1, 0.15) is 51.7 Å². The van der Waals surface area contributed by atoms with Gasteiger partial charge in [-0.25, -0.2) is 30.1 Å². The molecule has 1 saturated heterocycles. The first-order valence-electron chi connectivity index (χ1n) is 14.0. The van der Waals surface area contributed by atoms with Crippen LogP contribution in [-0.2, 0) is 25.2 Å². The van der Waals surface area contributed by atoms with Crippen LogP contribution >= 0.6 is 30.1 Å². The molecule has 3 aliphatic rings. The van der Waals surface area contributed by atoms with Gasteiger partial charge in [-0.2, -0.15) is 0 Å². The number of carbonyl (C=O) groups excluding carboxylic acids is 2. The zero-order valence-corrected chi connectivity index (χ0v) is 27.3. The maximum Gasteiger partial charge on any atom is 0.643 e. The monoisotopic (exact) mass is 626 g/mol. The summed E-state index contributed by atoms with van der Waals surface area (Å²) in [6, 6.07) is 19.8. The number of likely N-dealkylation sites (N-methyl/N-ethyl adjacent to an activating group) is 1. The van der Waals surface area contributed by atoms with Crippen molar-refractivity contribution >= 4 is 53.4 Å². The second kappa shape index (κ2) is 17.0. The average Bonchev–Trinajstić information content (AvgIpc) is 3.86. The van der Waals surface area contributed by atoms with Crippen molar-refractivity contribution in [2.24, 2.45) is 11.8 Å². The highest BCUT2D eigenvalue weighted by molar-refractivity contribution is 7.54. The lowest BCUT2D eigenvalue weighted by Gasteiger charge is -2.26. The van der Waals surface area contributed by atoms with Crippen LogP contribution in [0.4, 0.5) is 0 Å². The highest BCUT2D eigenvalue weighted by atomic mass is 35.8. The SMILES string of the molecule is CCN(CC)C(=O)[C@@]1(c2ccccc2)C[C@H]1CO.CCNCC.O=C1OC[C@@H]2C[C@]12c1ccccc1.[Cl][Al]([Cl])[Cl]. The van der Waals surface area contributed by atoms with E-state index in [0.29, 0.717) is 12.5 Å². The molecule has 5 rings (SSSR count). The number of hydrogen-bond acceptors (Lipinski definition) is 5. The number of aliphatic hydroxyl groups is 1. The minimum absolute atomic E-state index is 0.0244. The lowest BCUT2D eigenvalue weighted by molar-refractivity contribution is -0.142. The third kappa shape index (κ3) is 8.61. The number of aliphatic hydroxyl groups excluding tert-OH is 1. The van der Waals surface area contributed by atoms with Crippen LogP contribution < -0.4 is 5.32 Å². The van der Waals surface area contributed by atoms with Gasteiger partial charge in [0.1, 0.15) is 0 Å². The molecule has 2 aromatic carbocycles. The smallest absolute Gasteiger partial charge is 0.465 e. The molecule has 40 heavy (non-hydrogen) atoms. The number of cyclic esters (lactones) is 1. The van der Waals surface area contributed by atoms with Gasteiger partial charge in [-0.05, 0) is 50.9 Å². The number of carbonyl (C=O) groups is 2. The number of hydrogen-bond donors (Lipinski definition) is 2. The Morgan fingerprint density at radius 2 is 1.45 bits per heavy atom. The van der Waals surface area contributed by atoms with Crippen LogP contribution in [-0.4, -0.2) is 72.7 Å². The lowest BCUT2D eigenvalue weighted by atomic mass is 9.91. The molecule has 2 aromatic rings. The summed E-state index contributed by atoms with van der Waals surface area (Å²) in [6.07, 6.45) is 1.75. The Kier molecular flexibility index (Phi) is 14.8. The van der Waals surface area contributed by atoms with Gasteiger partial charge in [0.2, 0.25) is 5.91 Å². The summed E-state index contributed by atoms with van der Waals surface area (Å²) in [4.78, 5) is 26.1. The zero-order chi connectivity index (χ0) is 29.8. The van der Waals surface area contributed by atoms with Gasteiger partial charge in [0.05, 0.1) is 17.4 Å². The molecule has 1 heterocycles. The molecule has 2 aliphatic carbocycles. The minimum Gasteiger partial charge on any atom is -0.465 e. The summed E-state index contributed by atoms with van der Waals surface area (Å²) < 4.78 is 5.03. The van der Waals surface area contributed by atoms with E-state index in [-0.39, 0.29) is 29.8 Å². The molecular weight excluding hydrogens is 586 g/mol. The van der Waals surface area contributed by atoms with Crippen molar-refractivity contribution < 1.29 is 19.4 Å². The standard InChI is InChI=1S/C15H21NO2.C11H10O2.C4H11N.Al.3ClH/c1-3-16(4-2)14(18)15(10-13(15)11-17)12-8-6-5-7-9-12;12-10-11(6-9(11)7-13-10)8-4-2-1-3-5-8;1-3-5-4-2;;;;/h5-9,13,17H,3-4,10-11H2,1-2H3;1-5,9H,6-7H2;5H,3-4H2,1-2H3;;3*1H/q;;;+3;;;/p-3/t13-,15+;9-,11+;;;;;/m00...../s1. The van der Waals surface area contributed by atoms with E-state index in [1.807, 2.05) is 79.4 Å². The maximum absolute atomic E-state index is 12.7. The van der Waals surface area contributed by atoms with Crippen LogP contribution in [0.15, 0.2) is 60.7 Å². The molecule has 1 amide bonds. The zero-order valence-electron chi connectivity index (χ0n) is 23.9. The summed E-state index contributed by atoms with van der Waals surface area (Å²) in [7, 11) is 14.8. The lowest BCUT2D eigenvalue weighted by Crippen LogP contribution is -2.40. The molecule has 0 spiro atoms. The first kappa shape index (κ1) is 34.9. The molecule has 6 nitrogen and oxygen atoms in total. The second-order valence-corrected chi connectivity index (χ2v) is 16.4. The van der Waals surface area contributed by atoms with Crippen molar-refractivity contribution in [1.82, 2.24) is 10.2 Å². The molecule has 3 fully saturated rings.